The smallest absolute Gasteiger partial charge is 0.323 e. The van der Waals surface area contributed by atoms with Gasteiger partial charge in [-0.2, -0.15) is 5.10 Å². The number of aliphatic hydroxyl groups is 1. The Labute approximate surface area is 120 Å². The molecule has 0 bridgehead atoms. The van der Waals surface area contributed by atoms with Crippen molar-refractivity contribution in [2.45, 2.75) is 46.1 Å². The van der Waals surface area contributed by atoms with Crippen LogP contribution in [-0.2, 0) is 0 Å². The maximum atomic E-state index is 12.2. The third kappa shape index (κ3) is 4.52. The molecule has 0 radical (unpaired) electrons. The summed E-state index contributed by atoms with van der Waals surface area (Å²) in [4.78, 5) is 13.9. The van der Waals surface area contributed by atoms with Gasteiger partial charge in [-0.1, -0.05) is 20.3 Å². The van der Waals surface area contributed by atoms with E-state index >= 15 is 0 Å². The Hall–Kier alpha value is -1.56. The molecule has 0 aliphatic heterocycles. The predicted molar refractivity (Wildman–Crippen MR) is 79.8 cm³/mol. The molecule has 1 heterocycles. The minimum absolute atomic E-state index is 0.0260. The summed E-state index contributed by atoms with van der Waals surface area (Å²) in [6, 6.07) is 1.85. The summed E-state index contributed by atoms with van der Waals surface area (Å²) in [5, 5.41) is 16.2. The summed E-state index contributed by atoms with van der Waals surface area (Å²) in [5.74, 6) is 0.698. The first kappa shape index (κ1) is 16.5. The number of carbonyl (C=O) groups is 1. The van der Waals surface area contributed by atoms with Gasteiger partial charge in [-0.05, 0) is 19.8 Å². The van der Waals surface area contributed by atoms with Crippen LogP contribution < -0.4 is 5.32 Å². The predicted octanol–water partition coefficient (Wildman–Crippen LogP) is 2.48. The second kappa shape index (κ2) is 8.58. The Kier molecular flexibility index (Phi) is 7.08. The van der Waals surface area contributed by atoms with Gasteiger partial charge in [-0.3, -0.25) is 5.32 Å². The van der Waals surface area contributed by atoms with Crippen molar-refractivity contribution in [2.75, 3.05) is 25.0 Å². The Bertz CT molecular complexity index is 406. The molecule has 1 aromatic rings. The molecule has 0 saturated carbocycles. The average Bonchev–Trinajstić information content (AvgIpc) is 2.90. The lowest BCUT2D eigenvalue weighted by Crippen LogP contribution is -2.38. The number of unbranched alkanes of at least 4 members (excludes halogenated alkanes) is 1. The lowest BCUT2D eigenvalue weighted by molar-refractivity contribution is 0.187. The molecule has 1 aromatic heterocycles. The van der Waals surface area contributed by atoms with Crippen molar-refractivity contribution in [2.24, 2.45) is 0 Å². The van der Waals surface area contributed by atoms with E-state index in [1.54, 1.807) is 17.2 Å². The van der Waals surface area contributed by atoms with Gasteiger partial charge in [0.2, 0.25) is 0 Å². The minimum atomic E-state index is -0.183. The monoisotopic (exact) mass is 282 g/mol. The fourth-order valence-corrected chi connectivity index (χ4v) is 1.91. The molecule has 20 heavy (non-hydrogen) atoms. The standard InChI is InChI=1S/C14H26N4O2/c1-4-6-9-17(10-11-19)14(20)16-13-7-8-15-18(13)12(3)5-2/h7-8,12,19H,4-6,9-11H2,1-3H3,(H,16,20). The molecule has 0 saturated heterocycles. The Morgan fingerprint density at radius 2 is 2.25 bits per heavy atom. The van der Waals surface area contributed by atoms with Crippen molar-refractivity contribution in [1.82, 2.24) is 14.7 Å². The maximum Gasteiger partial charge on any atom is 0.323 e. The quantitative estimate of drug-likeness (QED) is 0.769. The Balaban J connectivity index is 2.70. The van der Waals surface area contributed by atoms with E-state index in [1.165, 1.54) is 0 Å². The molecule has 0 aliphatic carbocycles. The van der Waals surface area contributed by atoms with Gasteiger partial charge in [0.15, 0.2) is 0 Å². The number of urea groups is 1. The molecule has 2 amide bonds. The molecule has 0 aliphatic rings. The number of nitrogens with one attached hydrogen (secondary N) is 1. The molecule has 114 valence electrons. The fourth-order valence-electron chi connectivity index (χ4n) is 1.91. The Morgan fingerprint density at radius 3 is 2.85 bits per heavy atom. The van der Waals surface area contributed by atoms with Crippen molar-refractivity contribution >= 4 is 11.8 Å². The number of hydrogen-bond donors (Lipinski definition) is 2. The second-order valence-corrected chi connectivity index (χ2v) is 4.91. The highest BCUT2D eigenvalue weighted by Crippen LogP contribution is 2.16. The zero-order chi connectivity index (χ0) is 15.0. The number of aromatic nitrogens is 2. The third-order valence-electron chi connectivity index (χ3n) is 3.35. The lowest BCUT2D eigenvalue weighted by Gasteiger charge is -2.23. The van der Waals surface area contributed by atoms with Crippen molar-refractivity contribution in [3.05, 3.63) is 12.3 Å². The van der Waals surface area contributed by atoms with Crippen LogP contribution >= 0.6 is 0 Å². The van der Waals surface area contributed by atoms with Gasteiger partial charge in [0.25, 0.3) is 0 Å². The first-order valence-electron chi connectivity index (χ1n) is 7.34. The van der Waals surface area contributed by atoms with Crippen LogP contribution in [0.25, 0.3) is 0 Å². The number of hydrogen-bond acceptors (Lipinski definition) is 3. The first-order chi connectivity index (χ1) is 9.63. The number of aliphatic hydroxyl groups excluding tert-OH is 1. The van der Waals surface area contributed by atoms with E-state index < -0.39 is 0 Å². The minimum Gasteiger partial charge on any atom is -0.395 e. The molecule has 6 nitrogen and oxygen atoms in total. The van der Waals surface area contributed by atoms with Crippen molar-refractivity contribution in [3.63, 3.8) is 0 Å². The van der Waals surface area contributed by atoms with Crippen molar-refractivity contribution in [1.29, 1.82) is 0 Å². The highest BCUT2D eigenvalue weighted by atomic mass is 16.3. The SMILES string of the molecule is CCCCN(CCO)C(=O)Nc1ccnn1C(C)CC. The number of anilines is 1. The molecule has 0 aromatic carbocycles. The van der Waals surface area contributed by atoms with Gasteiger partial charge in [0.1, 0.15) is 5.82 Å². The molecule has 1 rings (SSSR count). The molecular formula is C14H26N4O2. The molecule has 6 heteroatoms. The van der Waals surface area contributed by atoms with E-state index in [0.29, 0.717) is 18.9 Å². The average molecular weight is 282 g/mol. The van der Waals surface area contributed by atoms with Crippen LogP contribution in [0.3, 0.4) is 0 Å². The van der Waals surface area contributed by atoms with E-state index in [0.717, 1.165) is 19.3 Å². The zero-order valence-electron chi connectivity index (χ0n) is 12.7. The molecule has 1 unspecified atom stereocenters. The summed E-state index contributed by atoms with van der Waals surface area (Å²) in [6.45, 7) is 7.20. The highest BCUT2D eigenvalue weighted by molar-refractivity contribution is 5.88. The number of nitrogens with zero attached hydrogens (tertiary/aromatic N) is 3. The van der Waals surface area contributed by atoms with Crippen LogP contribution in [0.2, 0.25) is 0 Å². The van der Waals surface area contributed by atoms with Crippen molar-refractivity contribution in [3.8, 4) is 0 Å². The second-order valence-electron chi connectivity index (χ2n) is 4.91. The van der Waals surface area contributed by atoms with Gasteiger partial charge < -0.3 is 10.0 Å². The van der Waals surface area contributed by atoms with Gasteiger partial charge >= 0.3 is 6.03 Å². The summed E-state index contributed by atoms with van der Waals surface area (Å²) >= 11 is 0. The fraction of sp³-hybridized carbons (Fsp3) is 0.714. The van der Waals surface area contributed by atoms with Crippen LogP contribution in [0.4, 0.5) is 10.6 Å². The summed E-state index contributed by atoms with van der Waals surface area (Å²) in [7, 11) is 0. The Morgan fingerprint density at radius 1 is 1.50 bits per heavy atom. The van der Waals surface area contributed by atoms with E-state index in [1.807, 2.05) is 4.68 Å². The normalized spacial score (nSPS) is 12.2. The van der Waals surface area contributed by atoms with Crippen LogP contribution in [-0.4, -0.2) is 45.5 Å². The number of carbonyl (C=O) groups excluding carboxylic acids is 1. The van der Waals surface area contributed by atoms with Crippen LogP contribution in [0.15, 0.2) is 12.3 Å². The molecule has 1 atom stereocenters. The highest BCUT2D eigenvalue weighted by Gasteiger charge is 2.16. The van der Waals surface area contributed by atoms with E-state index in [-0.39, 0.29) is 18.7 Å². The van der Waals surface area contributed by atoms with E-state index in [4.69, 9.17) is 5.11 Å². The summed E-state index contributed by atoms with van der Waals surface area (Å²) < 4.78 is 1.81. The largest absolute Gasteiger partial charge is 0.395 e. The molecule has 2 N–H and O–H groups in total. The number of amides is 2. The van der Waals surface area contributed by atoms with Gasteiger partial charge in [0, 0.05) is 19.2 Å². The number of rotatable bonds is 8. The zero-order valence-corrected chi connectivity index (χ0v) is 12.7. The van der Waals surface area contributed by atoms with Crippen molar-refractivity contribution < 1.29 is 9.90 Å². The van der Waals surface area contributed by atoms with Gasteiger partial charge in [0.05, 0.1) is 18.8 Å². The topological polar surface area (TPSA) is 70.4 Å². The summed E-state index contributed by atoms with van der Waals surface area (Å²) in [6.07, 6.45) is 4.57. The van der Waals surface area contributed by atoms with Crippen LogP contribution in [0.1, 0.15) is 46.1 Å². The van der Waals surface area contributed by atoms with Gasteiger partial charge in [-0.25, -0.2) is 9.48 Å². The molecular weight excluding hydrogens is 256 g/mol. The maximum absolute atomic E-state index is 12.2. The molecule has 0 fully saturated rings. The van der Waals surface area contributed by atoms with E-state index in [9.17, 15) is 4.79 Å². The van der Waals surface area contributed by atoms with Gasteiger partial charge in [-0.15, -0.1) is 0 Å². The lowest BCUT2D eigenvalue weighted by atomic mass is 10.3. The van der Waals surface area contributed by atoms with Crippen LogP contribution in [0.5, 0.6) is 0 Å². The van der Waals surface area contributed by atoms with E-state index in [2.05, 4.69) is 31.2 Å². The third-order valence-corrected chi connectivity index (χ3v) is 3.35. The summed E-state index contributed by atoms with van der Waals surface area (Å²) in [5.41, 5.74) is 0. The molecule has 0 spiro atoms. The van der Waals surface area contributed by atoms with Crippen LogP contribution in [0, 0.1) is 0 Å². The first-order valence-corrected chi connectivity index (χ1v) is 7.34.